The summed E-state index contributed by atoms with van der Waals surface area (Å²) in [5.74, 6) is -0.859. The number of carbonyl (C=O) groups excluding carboxylic acids is 2. The van der Waals surface area contributed by atoms with E-state index < -0.39 is 34.1 Å². The highest BCUT2D eigenvalue weighted by atomic mass is 35.5. The zero-order chi connectivity index (χ0) is 29.0. The summed E-state index contributed by atoms with van der Waals surface area (Å²) in [6.07, 6.45) is 0. The molecule has 3 rings (SSSR count). The molecule has 0 aliphatic carbocycles. The van der Waals surface area contributed by atoms with Crippen LogP contribution in [0.3, 0.4) is 0 Å². The lowest BCUT2D eigenvalue weighted by Crippen LogP contribution is -2.54. The maximum atomic E-state index is 13.9. The topological polar surface area (TPSA) is 86.8 Å². The van der Waals surface area contributed by atoms with Crippen LogP contribution in [0.4, 0.5) is 5.69 Å². The van der Waals surface area contributed by atoms with Gasteiger partial charge < -0.3 is 10.2 Å². The van der Waals surface area contributed by atoms with Crippen LogP contribution < -0.4 is 9.62 Å². The SMILES string of the molecule is Cc1ccc(CN(C(=O)CN(c2ccc(C)c(Cl)c2)S(=O)(=O)c2ccccc2)C(C)C(=O)NC(C)(C)C)cc1. The van der Waals surface area contributed by atoms with Gasteiger partial charge in [0.15, 0.2) is 0 Å². The van der Waals surface area contributed by atoms with E-state index in [1.807, 2.05) is 58.9 Å². The summed E-state index contributed by atoms with van der Waals surface area (Å²) in [4.78, 5) is 28.5. The molecule has 0 aliphatic rings. The van der Waals surface area contributed by atoms with E-state index in [9.17, 15) is 18.0 Å². The van der Waals surface area contributed by atoms with Gasteiger partial charge in [0.25, 0.3) is 10.0 Å². The van der Waals surface area contributed by atoms with E-state index in [1.165, 1.54) is 23.1 Å². The van der Waals surface area contributed by atoms with E-state index in [2.05, 4.69) is 5.32 Å². The summed E-state index contributed by atoms with van der Waals surface area (Å²) < 4.78 is 28.7. The fourth-order valence-electron chi connectivity index (χ4n) is 3.93. The molecule has 0 spiro atoms. The van der Waals surface area contributed by atoms with Gasteiger partial charge in [0, 0.05) is 17.1 Å². The number of aryl methyl sites for hydroxylation is 2. The quantitative estimate of drug-likeness (QED) is 0.369. The Bertz CT molecular complexity index is 1420. The monoisotopic (exact) mass is 569 g/mol. The number of benzene rings is 3. The molecule has 3 aromatic rings. The Kier molecular flexibility index (Phi) is 9.46. The van der Waals surface area contributed by atoms with Crippen LogP contribution in [0, 0.1) is 13.8 Å². The lowest BCUT2D eigenvalue weighted by Gasteiger charge is -2.33. The number of sulfonamides is 1. The van der Waals surface area contributed by atoms with E-state index in [0.29, 0.717) is 5.02 Å². The van der Waals surface area contributed by atoms with Gasteiger partial charge in [-0.1, -0.05) is 65.7 Å². The number of anilines is 1. The molecule has 39 heavy (non-hydrogen) atoms. The van der Waals surface area contributed by atoms with E-state index in [-0.39, 0.29) is 23.0 Å². The number of rotatable bonds is 9. The summed E-state index contributed by atoms with van der Waals surface area (Å²) in [6, 6.07) is 19.6. The summed E-state index contributed by atoms with van der Waals surface area (Å²) in [6.45, 7) is 10.6. The van der Waals surface area contributed by atoms with E-state index >= 15 is 0 Å². The molecule has 9 heteroatoms. The minimum atomic E-state index is -4.14. The van der Waals surface area contributed by atoms with Crippen molar-refractivity contribution in [2.45, 2.75) is 64.6 Å². The van der Waals surface area contributed by atoms with Crippen LogP contribution in [-0.4, -0.2) is 43.3 Å². The Labute approximate surface area is 236 Å². The zero-order valence-corrected chi connectivity index (χ0v) is 24.8. The largest absolute Gasteiger partial charge is 0.350 e. The Morgan fingerprint density at radius 2 is 1.56 bits per heavy atom. The molecule has 0 radical (unpaired) electrons. The summed E-state index contributed by atoms with van der Waals surface area (Å²) >= 11 is 6.36. The van der Waals surface area contributed by atoms with Crippen molar-refractivity contribution < 1.29 is 18.0 Å². The third-order valence-corrected chi connectivity index (χ3v) is 8.39. The lowest BCUT2D eigenvalue weighted by molar-refractivity contribution is -0.140. The third kappa shape index (κ3) is 7.83. The van der Waals surface area contributed by atoms with Crippen molar-refractivity contribution in [3.05, 3.63) is 94.5 Å². The van der Waals surface area contributed by atoms with E-state index in [0.717, 1.165) is 21.0 Å². The molecule has 7 nitrogen and oxygen atoms in total. The van der Waals surface area contributed by atoms with Crippen LogP contribution in [0.15, 0.2) is 77.7 Å². The fraction of sp³-hybridized carbons (Fsp3) is 0.333. The minimum Gasteiger partial charge on any atom is -0.350 e. The molecule has 1 atom stereocenters. The standard InChI is InChI=1S/C30H36ClN3O4S/c1-21-12-15-24(16-13-21)19-33(23(3)29(36)32-30(4,5)6)28(35)20-34(25-17-14-22(2)27(31)18-25)39(37,38)26-10-8-7-9-11-26/h7-18,23H,19-20H2,1-6H3,(H,32,36). The number of halogens is 1. The van der Waals surface area contributed by atoms with Gasteiger partial charge in [-0.3, -0.25) is 13.9 Å². The van der Waals surface area contributed by atoms with Crippen molar-refractivity contribution in [1.29, 1.82) is 0 Å². The Hall–Kier alpha value is -3.36. The Morgan fingerprint density at radius 1 is 0.949 bits per heavy atom. The Morgan fingerprint density at radius 3 is 2.13 bits per heavy atom. The highest BCUT2D eigenvalue weighted by Crippen LogP contribution is 2.28. The lowest BCUT2D eigenvalue weighted by atomic mass is 10.1. The number of carbonyl (C=O) groups is 2. The molecule has 1 unspecified atom stereocenters. The first-order valence-electron chi connectivity index (χ1n) is 12.7. The number of hydrogen-bond acceptors (Lipinski definition) is 4. The van der Waals surface area contributed by atoms with Gasteiger partial charge in [-0.25, -0.2) is 8.42 Å². The summed E-state index contributed by atoms with van der Waals surface area (Å²) in [5.41, 5.74) is 2.40. The average Bonchev–Trinajstić information content (AvgIpc) is 2.87. The summed E-state index contributed by atoms with van der Waals surface area (Å²) in [7, 11) is -4.14. The normalized spacial score (nSPS) is 12.5. The second-order valence-corrected chi connectivity index (χ2v) is 13.0. The molecular formula is C30H36ClN3O4S. The smallest absolute Gasteiger partial charge is 0.264 e. The van der Waals surface area contributed by atoms with Gasteiger partial charge in [-0.05, 0) is 76.9 Å². The predicted molar refractivity (Wildman–Crippen MR) is 156 cm³/mol. The molecule has 1 N–H and O–H groups in total. The zero-order valence-electron chi connectivity index (χ0n) is 23.2. The van der Waals surface area contributed by atoms with E-state index in [4.69, 9.17) is 11.6 Å². The molecule has 0 fully saturated rings. The van der Waals surface area contributed by atoms with Crippen molar-refractivity contribution in [2.24, 2.45) is 0 Å². The molecule has 0 aromatic heterocycles. The maximum absolute atomic E-state index is 13.9. The third-order valence-electron chi connectivity index (χ3n) is 6.19. The van der Waals surface area contributed by atoms with Crippen molar-refractivity contribution in [3.8, 4) is 0 Å². The van der Waals surface area contributed by atoms with Gasteiger partial charge >= 0.3 is 0 Å². The fourth-order valence-corrected chi connectivity index (χ4v) is 5.53. The molecule has 2 amide bonds. The van der Waals surface area contributed by atoms with Crippen molar-refractivity contribution in [1.82, 2.24) is 10.2 Å². The molecule has 3 aromatic carbocycles. The van der Waals surface area contributed by atoms with Crippen LogP contribution in [0.5, 0.6) is 0 Å². The van der Waals surface area contributed by atoms with Gasteiger partial charge in [-0.15, -0.1) is 0 Å². The molecule has 0 aliphatic heterocycles. The van der Waals surface area contributed by atoms with Gasteiger partial charge in [0.05, 0.1) is 10.6 Å². The maximum Gasteiger partial charge on any atom is 0.264 e. The van der Waals surface area contributed by atoms with E-state index in [1.54, 1.807) is 37.3 Å². The highest BCUT2D eigenvalue weighted by molar-refractivity contribution is 7.92. The van der Waals surface area contributed by atoms with Crippen molar-refractivity contribution in [2.75, 3.05) is 10.8 Å². The number of hydrogen-bond donors (Lipinski definition) is 1. The number of amides is 2. The molecule has 0 heterocycles. The number of nitrogens with one attached hydrogen (secondary N) is 1. The van der Waals surface area contributed by atoms with Gasteiger partial charge in [-0.2, -0.15) is 0 Å². The van der Waals surface area contributed by atoms with Crippen LogP contribution >= 0.6 is 11.6 Å². The van der Waals surface area contributed by atoms with Crippen molar-refractivity contribution >= 4 is 39.1 Å². The molecule has 0 saturated carbocycles. The van der Waals surface area contributed by atoms with Crippen LogP contribution in [-0.2, 0) is 26.2 Å². The van der Waals surface area contributed by atoms with Crippen LogP contribution in [0.2, 0.25) is 5.02 Å². The van der Waals surface area contributed by atoms with Crippen LogP contribution in [0.25, 0.3) is 0 Å². The first-order chi connectivity index (χ1) is 18.2. The molecule has 208 valence electrons. The second-order valence-electron chi connectivity index (χ2n) is 10.7. The second kappa shape index (κ2) is 12.2. The van der Waals surface area contributed by atoms with Crippen molar-refractivity contribution in [3.63, 3.8) is 0 Å². The predicted octanol–water partition coefficient (Wildman–Crippen LogP) is 5.48. The summed E-state index contributed by atoms with van der Waals surface area (Å²) in [5, 5.41) is 3.30. The highest BCUT2D eigenvalue weighted by Gasteiger charge is 2.33. The Balaban J connectivity index is 2.04. The molecule has 0 bridgehead atoms. The number of nitrogens with zero attached hydrogens (tertiary/aromatic N) is 2. The van der Waals surface area contributed by atoms with Gasteiger partial charge in [0.1, 0.15) is 12.6 Å². The first-order valence-corrected chi connectivity index (χ1v) is 14.5. The molecule has 0 saturated heterocycles. The van der Waals surface area contributed by atoms with Crippen LogP contribution in [0.1, 0.15) is 44.4 Å². The average molecular weight is 570 g/mol. The molecular weight excluding hydrogens is 534 g/mol. The minimum absolute atomic E-state index is 0.0399. The first kappa shape index (κ1) is 30.2. The van der Waals surface area contributed by atoms with Gasteiger partial charge in [0.2, 0.25) is 11.8 Å².